The van der Waals surface area contributed by atoms with Gasteiger partial charge < -0.3 is 15.2 Å². The third-order valence-corrected chi connectivity index (χ3v) is 4.36. The monoisotopic (exact) mass is 290 g/mol. The number of hydrogen-bond donors (Lipinski definition) is 1. The molecule has 1 saturated carbocycles. The first kappa shape index (κ1) is 14.7. The lowest BCUT2D eigenvalue weighted by atomic mass is 10.0. The summed E-state index contributed by atoms with van der Waals surface area (Å²) in [5.74, 6) is 1.72. The van der Waals surface area contributed by atoms with Crippen molar-refractivity contribution in [2.24, 2.45) is 5.73 Å². The highest BCUT2D eigenvalue weighted by molar-refractivity contribution is 5.44. The second kappa shape index (κ2) is 6.67. The predicted octanol–water partition coefficient (Wildman–Crippen LogP) is 2.72. The summed E-state index contributed by atoms with van der Waals surface area (Å²) in [6.07, 6.45) is 5.08. The van der Waals surface area contributed by atoms with Gasteiger partial charge in [0.05, 0.1) is 0 Å². The zero-order valence-corrected chi connectivity index (χ0v) is 12.9. The number of fused-ring (bicyclic) bond motifs is 1. The minimum absolute atomic E-state index is 0.292. The second-order valence-electron chi connectivity index (χ2n) is 5.98. The van der Waals surface area contributed by atoms with Gasteiger partial charge in [0.2, 0.25) is 0 Å². The highest BCUT2D eigenvalue weighted by atomic mass is 16.6. The summed E-state index contributed by atoms with van der Waals surface area (Å²) in [6, 6.07) is 7.30. The van der Waals surface area contributed by atoms with E-state index in [9.17, 15) is 0 Å². The molecule has 3 rings (SSSR count). The number of ether oxygens (including phenoxy) is 2. The summed E-state index contributed by atoms with van der Waals surface area (Å²) in [5.41, 5.74) is 7.36. The summed E-state index contributed by atoms with van der Waals surface area (Å²) in [5, 5.41) is 0. The number of nitrogens with two attached hydrogens (primary N) is 1. The van der Waals surface area contributed by atoms with Crippen LogP contribution in [0.1, 0.15) is 44.2 Å². The SMILES string of the molecule is CCCCN(C1CC1)C(CN)c1ccc2c(c1)OCCO2. The van der Waals surface area contributed by atoms with E-state index in [1.807, 2.05) is 6.07 Å². The maximum atomic E-state index is 6.11. The van der Waals surface area contributed by atoms with Crippen molar-refractivity contribution in [2.75, 3.05) is 26.3 Å². The Hall–Kier alpha value is -1.26. The number of rotatable bonds is 7. The Bertz CT molecular complexity index is 474. The van der Waals surface area contributed by atoms with Gasteiger partial charge in [0.15, 0.2) is 11.5 Å². The Labute approximate surface area is 127 Å². The molecule has 116 valence electrons. The molecule has 1 aromatic rings. The van der Waals surface area contributed by atoms with Gasteiger partial charge in [0.25, 0.3) is 0 Å². The second-order valence-corrected chi connectivity index (χ2v) is 5.98. The number of hydrogen-bond acceptors (Lipinski definition) is 4. The van der Waals surface area contributed by atoms with E-state index in [1.54, 1.807) is 0 Å². The molecule has 21 heavy (non-hydrogen) atoms. The molecule has 1 aromatic carbocycles. The lowest BCUT2D eigenvalue weighted by Crippen LogP contribution is -2.36. The van der Waals surface area contributed by atoms with Crippen LogP contribution in [0.15, 0.2) is 18.2 Å². The van der Waals surface area contributed by atoms with Crippen LogP contribution in [-0.2, 0) is 0 Å². The van der Waals surface area contributed by atoms with Gasteiger partial charge in [-0.1, -0.05) is 19.4 Å². The lowest BCUT2D eigenvalue weighted by molar-refractivity contribution is 0.168. The van der Waals surface area contributed by atoms with E-state index in [0.717, 1.165) is 24.1 Å². The number of nitrogens with zero attached hydrogens (tertiary/aromatic N) is 1. The predicted molar refractivity (Wildman–Crippen MR) is 83.9 cm³/mol. The lowest BCUT2D eigenvalue weighted by Gasteiger charge is -2.32. The van der Waals surface area contributed by atoms with Gasteiger partial charge >= 0.3 is 0 Å². The summed E-state index contributed by atoms with van der Waals surface area (Å²) in [4.78, 5) is 2.59. The van der Waals surface area contributed by atoms with Crippen molar-refractivity contribution in [3.8, 4) is 11.5 Å². The van der Waals surface area contributed by atoms with Crippen molar-refractivity contribution in [2.45, 2.75) is 44.7 Å². The zero-order valence-electron chi connectivity index (χ0n) is 12.9. The van der Waals surface area contributed by atoms with Crippen molar-refractivity contribution in [3.63, 3.8) is 0 Å². The van der Waals surface area contributed by atoms with Gasteiger partial charge in [0, 0.05) is 18.6 Å². The van der Waals surface area contributed by atoms with E-state index in [1.165, 1.54) is 31.2 Å². The Balaban J connectivity index is 1.80. The Kier molecular flexibility index (Phi) is 4.66. The van der Waals surface area contributed by atoms with Crippen LogP contribution in [0.2, 0.25) is 0 Å². The topological polar surface area (TPSA) is 47.7 Å². The molecule has 1 heterocycles. The van der Waals surface area contributed by atoms with E-state index in [0.29, 0.717) is 25.8 Å². The van der Waals surface area contributed by atoms with Crippen LogP contribution >= 0.6 is 0 Å². The number of unbranched alkanes of at least 4 members (excludes halogenated alkanes) is 1. The minimum atomic E-state index is 0.292. The van der Waals surface area contributed by atoms with Gasteiger partial charge in [-0.2, -0.15) is 0 Å². The van der Waals surface area contributed by atoms with Crippen LogP contribution in [0.5, 0.6) is 11.5 Å². The molecule has 2 aliphatic rings. The first-order valence-corrected chi connectivity index (χ1v) is 8.19. The van der Waals surface area contributed by atoms with Gasteiger partial charge in [-0.15, -0.1) is 0 Å². The smallest absolute Gasteiger partial charge is 0.161 e. The average molecular weight is 290 g/mol. The summed E-state index contributed by atoms with van der Waals surface area (Å²) < 4.78 is 11.3. The molecule has 1 atom stereocenters. The highest BCUT2D eigenvalue weighted by Crippen LogP contribution is 2.38. The molecule has 0 radical (unpaired) electrons. The molecule has 0 spiro atoms. The molecule has 1 aliphatic heterocycles. The first-order chi connectivity index (χ1) is 10.3. The quantitative estimate of drug-likeness (QED) is 0.839. The summed E-state index contributed by atoms with van der Waals surface area (Å²) >= 11 is 0. The zero-order chi connectivity index (χ0) is 14.7. The molecule has 4 heteroatoms. The van der Waals surface area contributed by atoms with E-state index in [-0.39, 0.29) is 0 Å². The average Bonchev–Trinajstić information content (AvgIpc) is 3.36. The fourth-order valence-electron chi connectivity index (χ4n) is 3.07. The van der Waals surface area contributed by atoms with Crippen molar-refractivity contribution in [1.82, 2.24) is 4.90 Å². The van der Waals surface area contributed by atoms with Crippen LogP contribution in [-0.4, -0.2) is 37.2 Å². The largest absolute Gasteiger partial charge is 0.486 e. The standard InChI is InChI=1S/C17H26N2O2/c1-2-3-8-19(14-5-6-14)15(12-18)13-4-7-16-17(11-13)21-10-9-20-16/h4,7,11,14-15H,2-3,5-6,8-10,12,18H2,1H3. The van der Waals surface area contributed by atoms with Crippen molar-refractivity contribution < 1.29 is 9.47 Å². The van der Waals surface area contributed by atoms with E-state index < -0.39 is 0 Å². The van der Waals surface area contributed by atoms with Gasteiger partial charge in [0.1, 0.15) is 13.2 Å². The third-order valence-electron chi connectivity index (χ3n) is 4.36. The van der Waals surface area contributed by atoms with Crippen molar-refractivity contribution in [1.29, 1.82) is 0 Å². The molecule has 0 aromatic heterocycles. The Morgan fingerprint density at radius 3 is 2.67 bits per heavy atom. The molecular formula is C17H26N2O2. The summed E-state index contributed by atoms with van der Waals surface area (Å²) in [7, 11) is 0. The van der Waals surface area contributed by atoms with Crippen molar-refractivity contribution in [3.05, 3.63) is 23.8 Å². The molecule has 0 amide bonds. The first-order valence-electron chi connectivity index (χ1n) is 8.19. The fourth-order valence-corrected chi connectivity index (χ4v) is 3.07. The maximum Gasteiger partial charge on any atom is 0.161 e. The van der Waals surface area contributed by atoms with Gasteiger partial charge in [-0.05, 0) is 43.5 Å². The molecule has 1 aliphatic carbocycles. The normalized spacial score (nSPS) is 18.8. The van der Waals surface area contributed by atoms with E-state index in [2.05, 4.69) is 24.0 Å². The molecule has 1 fully saturated rings. The fraction of sp³-hybridized carbons (Fsp3) is 0.647. The van der Waals surface area contributed by atoms with E-state index in [4.69, 9.17) is 15.2 Å². The van der Waals surface area contributed by atoms with E-state index >= 15 is 0 Å². The van der Waals surface area contributed by atoms with Crippen LogP contribution < -0.4 is 15.2 Å². The van der Waals surface area contributed by atoms with Crippen LogP contribution in [0.4, 0.5) is 0 Å². The number of benzene rings is 1. The van der Waals surface area contributed by atoms with Crippen LogP contribution in [0.3, 0.4) is 0 Å². The molecule has 2 N–H and O–H groups in total. The maximum absolute atomic E-state index is 6.11. The Morgan fingerprint density at radius 2 is 2.00 bits per heavy atom. The summed E-state index contributed by atoms with van der Waals surface area (Å²) in [6.45, 7) is 5.30. The molecule has 1 unspecified atom stereocenters. The minimum Gasteiger partial charge on any atom is -0.486 e. The van der Waals surface area contributed by atoms with Crippen LogP contribution in [0.25, 0.3) is 0 Å². The Morgan fingerprint density at radius 1 is 1.24 bits per heavy atom. The molecular weight excluding hydrogens is 264 g/mol. The van der Waals surface area contributed by atoms with Crippen molar-refractivity contribution >= 4 is 0 Å². The van der Waals surface area contributed by atoms with Crippen LogP contribution in [0, 0.1) is 0 Å². The van der Waals surface area contributed by atoms with Gasteiger partial charge in [-0.3, -0.25) is 4.90 Å². The molecule has 4 nitrogen and oxygen atoms in total. The van der Waals surface area contributed by atoms with Gasteiger partial charge in [-0.25, -0.2) is 0 Å². The highest BCUT2D eigenvalue weighted by Gasteiger charge is 2.34. The molecule has 0 saturated heterocycles. The third kappa shape index (κ3) is 3.33. The molecule has 0 bridgehead atoms.